The Kier molecular flexibility index (Phi) is 5.87. The molecule has 0 radical (unpaired) electrons. The number of rotatable bonds is 8. The molecule has 0 bridgehead atoms. The van der Waals surface area contributed by atoms with E-state index in [0.717, 1.165) is 4.88 Å². The smallest absolute Gasteiger partial charge is 0.242 e. The van der Waals surface area contributed by atoms with Crippen LogP contribution in [-0.2, 0) is 16.6 Å². The molecule has 4 nitrogen and oxygen atoms in total. The Morgan fingerprint density at radius 3 is 2.62 bits per heavy atom. The van der Waals surface area contributed by atoms with Crippen LogP contribution in [0.3, 0.4) is 0 Å². The number of sulfonamides is 1. The highest BCUT2D eigenvalue weighted by Crippen LogP contribution is 2.36. The maximum atomic E-state index is 12.4. The highest BCUT2D eigenvalue weighted by Gasteiger charge is 2.29. The van der Waals surface area contributed by atoms with Crippen LogP contribution in [0.25, 0.3) is 0 Å². The number of thiophene rings is 1. The van der Waals surface area contributed by atoms with Gasteiger partial charge in [0.15, 0.2) is 0 Å². The predicted octanol–water partition coefficient (Wildman–Crippen LogP) is 3.33. The third-order valence-electron chi connectivity index (χ3n) is 3.70. The number of halogens is 1. The minimum Gasteiger partial charge on any atom is -0.310 e. The van der Waals surface area contributed by atoms with Crippen molar-refractivity contribution in [2.45, 2.75) is 51.1 Å². The van der Waals surface area contributed by atoms with Crippen LogP contribution in [0.5, 0.6) is 0 Å². The Hall–Kier alpha value is 0.0500. The third-order valence-corrected chi connectivity index (χ3v) is 7.38. The molecule has 1 aromatic rings. The Balaban J connectivity index is 2.01. The van der Waals surface area contributed by atoms with E-state index in [1.807, 2.05) is 0 Å². The maximum Gasteiger partial charge on any atom is 0.242 e. The molecule has 1 aromatic heterocycles. The summed E-state index contributed by atoms with van der Waals surface area (Å²) in [4.78, 5) is 1.38. The fourth-order valence-electron chi connectivity index (χ4n) is 2.12. The lowest BCUT2D eigenvalue weighted by molar-refractivity contribution is 0.492. The summed E-state index contributed by atoms with van der Waals surface area (Å²) < 4.78 is 28.2. The van der Waals surface area contributed by atoms with Crippen molar-refractivity contribution in [3.63, 3.8) is 0 Å². The molecule has 1 unspecified atom stereocenters. The van der Waals surface area contributed by atoms with Crippen LogP contribution in [-0.4, -0.2) is 21.0 Å². The lowest BCUT2D eigenvalue weighted by Crippen LogP contribution is -2.29. The van der Waals surface area contributed by atoms with Gasteiger partial charge in [-0.15, -0.1) is 11.3 Å². The molecular weight excluding hydrogens is 372 g/mol. The molecule has 0 aliphatic heterocycles. The van der Waals surface area contributed by atoms with E-state index in [2.05, 4.69) is 46.7 Å². The summed E-state index contributed by atoms with van der Waals surface area (Å²) in [7, 11) is -3.42. The summed E-state index contributed by atoms with van der Waals surface area (Å²) >= 11 is 4.85. The average Bonchev–Trinajstić information content (AvgIpc) is 3.17. The molecule has 21 heavy (non-hydrogen) atoms. The van der Waals surface area contributed by atoms with Crippen molar-refractivity contribution < 1.29 is 8.42 Å². The van der Waals surface area contributed by atoms with Crippen molar-refractivity contribution >= 4 is 37.3 Å². The van der Waals surface area contributed by atoms with Crippen molar-refractivity contribution in [2.24, 2.45) is 11.8 Å². The zero-order chi connectivity index (χ0) is 15.6. The van der Waals surface area contributed by atoms with Crippen LogP contribution < -0.4 is 10.0 Å². The first-order chi connectivity index (χ1) is 9.79. The topological polar surface area (TPSA) is 58.2 Å². The molecular formula is C14H23BrN2O2S2. The van der Waals surface area contributed by atoms with E-state index in [1.54, 1.807) is 6.07 Å². The highest BCUT2D eigenvalue weighted by atomic mass is 79.9. The molecule has 1 fully saturated rings. The monoisotopic (exact) mass is 394 g/mol. The van der Waals surface area contributed by atoms with Gasteiger partial charge in [-0.2, -0.15) is 0 Å². The van der Waals surface area contributed by atoms with E-state index in [-0.39, 0.29) is 0 Å². The fraction of sp³-hybridized carbons (Fsp3) is 0.714. The van der Waals surface area contributed by atoms with Gasteiger partial charge in [-0.3, -0.25) is 0 Å². The quantitative estimate of drug-likeness (QED) is 0.710. The molecule has 1 saturated carbocycles. The molecule has 1 aliphatic rings. The van der Waals surface area contributed by atoms with E-state index in [1.165, 1.54) is 24.2 Å². The second-order valence-corrected chi connectivity index (χ2v) is 10.2. The first kappa shape index (κ1) is 17.4. The first-order valence-corrected chi connectivity index (χ1v) is 10.4. The van der Waals surface area contributed by atoms with E-state index >= 15 is 0 Å². The first-order valence-electron chi connectivity index (χ1n) is 7.31. The average molecular weight is 395 g/mol. The van der Waals surface area contributed by atoms with Gasteiger partial charge in [-0.25, -0.2) is 13.1 Å². The van der Waals surface area contributed by atoms with Gasteiger partial charge >= 0.3 is 0 Å². The number of nitrogens with one attached hydrogen (secondary N) is 2. The van der Waals surface area contributed by atoms with Crippen LogP contribution in [0.4, 0.5) is 0 Å². The minimum absolute atomic E-state index is 0.357. The molecule has 1 heterocycles. The molecule has 1 aliphatic carbocycles. The Bertz CT molecular complexity index is 580. The second-order valence-electron chi connectivity index (χ2n) is 6.05. The van der Waals surface area contributed by atoms with Gasteiger partial charge in [0.1, 0.15) is 4.90 Å². The van der Waals surface area contributed by atoms with E-state index in [0.29, 0.717) is 39.6 Å². The molecule has 2 N–H and O–H groups in total. The molecule has 0 aromatic carbocycles. The fourth-order valence-corrected chi connectivity index (χ4v) is 5.90. The SMILES string of the molecule is CC(C)NCc1cc(S(=O)(=O)NCC(C)C2CC2)c(Br)s1. The van der Waals surface area contributed by atoms with Gasteiger partial charge < -0.3 is 5.32 Å². The number of hydrogen-bond donors (Lipinski definition) is 2. The molecule has 0 amide bonds. The highest BCUT2D eigenvalue weighted by molar-refractivity contribution is 9.11. The van der Waals surface area contributed by atoms with Crippen LogP contribution in [0, 0.1) is 11.8 Å². The Morgan fingerprint density at radius 2 is 2.05 bits per heavy atom. The summed E-state index contributed by atoms with van der Waals surface area (Å²) in [5.41, 5.74) is 0. The van der Waals surface area contributed by atoms with Crippen LogP contribution >= 0.6 is 27.3 Å². The summed E-state index contributed by atoms with van der Waals surface area (Å²) in [6, 6.07) is 2.14. The van der Waals surface area contributed by atoms with Gasteiger partial charge in [0, 0.05) is 24.0 Å². The largest absolute Gasteiger partial charge is 0.310 e. The van der Waals surface area contributed by atoms with Gasteiger partial charge in [0.25, 0.3) is 0 Å². The standard InChI is InChI=1S/C14H23BrN2O2S2/c1-9(2)16-8-12-6-13(14(15)20-12)21(18,19)17-7-10(3)11-4-5-11/h6,9-11,16-17H,4-5,7-8H2,1-3H3. The Morgan fingerprint density at radius 1 is 1.38 bits per heavy atom. The molecule has 0 spiro atoms. The molecule has 1 atom stereocenters. The van der Waals surface area contributed by atoms with Crippen LogP contribution in [0.1, 0.15) is 38.5 Å². The molecule has 7 heteroatoms. The maximum absolute atomic E-state index is 12.4. The van der Waals surface area contributed by atoms with Crippen LogP contribution in [0.2, 0.25) is 0 Å². The van der Waals surface area contributed by atoms with E-state index in [9.17, 15) is 8.42 Å². The summed E-state index contributed by atoms with van der Waals surface area (Å²) in [6.45, 7) is 7.47. The lowest BCUT2D eigenvalue weighted by Gasteiger charge is -2.11. The lowest BCUT2D eigenvalue weighted by atomic mass is 10.1. The third kappa shape index (κ3) is 5.03. The van der Waals surface area contributed by atoms with Crippen molar-refractivity contribution in [1.29, 1.82) is 0 Å². The zero-order valence-corrected chi connectivity index (χ0v) is 15.9. The minimum atomic E-state index is -3.42. The summed E-state index contributed by atoms with van der Waals surface area (Å²) in [6.07, 6.45) is 2.46. The van der Waals surface area contributed by atoms with Crippen molar-refractivity contribution in [2.75, 3.05) is 6.54 Å². The van der Waals surface area contributed by atoms with Gasteiger partial charge in [0.2, 0.25) is 10.0 Å². The molecule has 2 rings (SSSR count). The van der Waals surface area contributed by atoms with Gasteiger partial charge in [0.05, 0.1) is 3.79 Å². The molecule has 120 valence electrons. The van der Waals surface area contributed by atoms with Crippen LogP contribution in [0.15, 0.2) is 14.7 Å². The Labute approximate surface area is 139 Å². The van der Waals surface area contributed by atoms with E-state index < -0.39 is 10.0 Å². The zero-order valence-electron chi connectivity index (χ0n) is 12.6. The summed E-state index contributed by atoms with van der Waals surface area (Å²) in [5, 5.41) is 3.30. The summed E-state index contributed by atoms with van der Waals surface area (Å²) in [5.74, 6) is 1.11. The van der Waals surface area contributed by atoms with Crippen molar-refractivity contribution in [3.8, 4) is 0 Å². The normalized spacial score (nSPS) is 17.4. The van der Waals surface area contributed by atoms with E-state index in [4.69, 9.17) is 0 Å². The number of hydrogen-bond acceptors (Lipinski definition) is 4. The molecule has 0 saturated heterocycles. The van der Waals surface area contributed by atoms with Gasteiger partial charge in [-0.05, 0) is 46.7 Å². The second kappa shape index (κ2) is 7.08. The van der Waals surface area contributed by atoms with Crippen molar-refractivity contribution in [1.82, 2.24) is 10.0 Å². The van der Waals surface area contributed by atoms with Crippen molar-refractivity contribution in [3.05, 3.63) is 14.7 Å². The van der Waals surface area contributed by atoms with Gasteiger partial charge in [-0.1, -0.05) is 20.8 Å². The predicted molar refractivity (Wildman–Crippen MR) is 91.1 cm³/mol.